The molecule has 7 heteroatoms. The monoisotopic (exact) mass is 231 g/mol. The molecule has 2 amide bonds. The first-order valence-electron chi connectivity index (χ1n) is 5.16. The Hall–Kier alpha value is -1.34. The van der Waals surface area contributed by atoms with Crippen LogP contribution >= 0.6 is 0 Å². The Morgan fingerprint density at radius 2 is 1.88 bits per heavy atom. The highest BCUT2D eigenvalue weighted by atomic mass is 16.5. The van der Waals surface area contributed by atoms with Gasteiger partial charge in [0.05, 0.1) is 6.61 Å². The Morgan fingerprint density at radius 3 is 2.38 bits per heavy atom. The Balaban J connectivity index is 2.08. The molecule has 1 heterocycles. The van der Waals surface area contributed by atoms with Crippen LogP contribution in [0.2, 0.25) is 0 Å². The van der Waals surface area contributed by atoms with Gasteiger partial charge in [0.25, 0.3) is 0 Å². The number of ether oxygens (including phenoxy) is 1. The molecule has 1 rings (SSSR count). The Labute approximate surface area is 93.7 Å². The zero-order valence-electron chi connectivity index (χ0n) is 9.09. The predicted octanol–water partition coefficient (Wildman–Crippen LogP) is -1.22. The normalized spacial score (nSPS) is 17.4. The first kappa shape index (κ1) is 12.7. The second-order valence-electron chi connectivity index (χ2n) is 3.63. The average molecular weight is 231 g/mol. The van der Waals surface area contributed by atoms with Crippen LogP contribution in [0.5, 0.6) is 0 Å². The van der Waals surface area contributed by atoms with Crippen LogP contribution in [0.1, 0.15) is 0 Å². The lowest BCUT2D eigenvalue weighted by Gasteiger charge is -2.32. The average Bonchev–Trinajstić information content (AvgIpc) is 2.25. The van der Waals surface area contributed by atoms with Gasteiger partial charge >= 0.3 is 6.09 Å². The molecular formula is C9H17N3O4. The zero-order valence-corrected chi connectivity index (χ0v) is 9.09. The number of amides is 2. The lowest BCUT2D eigenvalue weighted by atomic mass is 10.3. The highest BCUT2D eigenvalue weighted by molar-refractivity contribution is 5.74. The van der Waals surface area contributed by atoms with E-state index in [1.807, 2.05) is 0 Å². The number of primary amides is 1. The number of hydrogen-bond acceptors (Lipinski definition) is 4. The van der Waals surface area contributed by atoms with E-state index in [0.717, 1.165) is 0 Å². The van der Waals surface area contributed by atoms with E-state index in [1.165, 1.54) is 4.90 Å². The van der Waals surface area contributed by atoms with Gasteiger partial charge in [-0.25, -0.2) is 4.79 Å². The third-order valence-electron chi connectivity index (χ3n) is 2.44. The summed E-state index contributed by atoms with van der Waals surface area (Å²) in [4.78, 5) is 24.5. The summed E-state index contributed by atoms with van der Waals surface area (Å²) in [6.07, 6.45) is -0.871. The van der Waals surface area contributed by atoms with Crippen molar-refractivity contribution in [3.05, 3.63) is 0 Å². The molecular weight excluding hydrogens is 214 g/mol. The maximum atomic E-state index is 10.6. The van der Waals surface area contributed by atoms with E-state index < -0.39 is 12.0 Å². The Morgan fingerprint density at radius 1 is 1.25 bits per heavy atom. The molecule has 1 saturated heterocycles. The first-order chi connectivity index (χ1) is 7.59. The number of hydrogen-bond donors (Lipinski definition) is 2. The SMILES string of the molecule is NC(=O)COCCN1CCN(C(=O)O)CC1. The fourth-order valence-corrected chi connectivity index (χ4v) is 1.53. The van der Waals surface area contributed by atoms with Crippen LogP contribution in [0.4, 0.5) is 4.79 Å². The van der Waals surface area contributed by atoms with E-state index >= 15 is 0 Å². The van der Waals surface area contributed by atoms with E-state index in [0.29, 0.717) is 39.3 Å². The van der Waals surface area contributed by atoms with Crippen molar-refractivity contribution in [2.45, 2.75) is 0 Å². The van der Waals surface area contributed by atoms with Gasteiger partial charge in [-0.1, -0.05) is 0 Å². The van der Waals surface area contributed by atoms with Crippen LogP contribution in [-0.2, 0) is 9.53 Å². The second kappa shape index (κ2) is 6.29. The van der Waals surface area contributed by atoms with Gasteiger partial charge in [0.1, 0.15) is 6.61 Å². The quantitative estimate of drug-likeness (QED) is 0.578. The number of nitrogens with two attached hydrogens (primary N) is 1. The van der Waals surface area contributed by atoms with E-state index in [2.05, 4.69) is 4.90 Å². The predicted molar refractivity (Wildman–Crippen MR) is 56.1 cm³/mol. The molecule has 1 aliphatic heterocycles. The summed E-state index contributed by atoms with van der Waals surface area (Å²) in [6, 6.07) is 0. The molecule has 3 N–H and O–H groups in total. The summed E-state index contributed by atoms with van der Waals surface area (Å²) in [6.45, 7) is 3.51. The van der Waals surface area contributed by atoms with Crippen molar-refractivity contribution in [2.24, 2.45) is 5.73 Å². The minimum atomic E-state index is -0.871. The molecule has 0 unspecified atom stereocenters. The molecule has 0 aromatic carbocycles. The van der Waals surface area contributed by atoms with E-state index in [9.17, 15) is 9.59 Å². The van der Waals surface area contributed by atoms with Crippen LogP contribution in [0, 0.1) is 0 Å². The molecule has 0 aromatic heterocycles. The summed E-state index contributed by atoms with van der Waals surface area (Å²) in [5.41, 5.74) is 4.91. The van der Waals surface area contributed by atoms with Crippen molar-refractivity contribution in [1.29, 1.82) is 0 Å². The molecule has 0 radical (unpaired) electrons. The summed E-state index contributed by atoms with van der Waals surface area (Å²) in [5, 5.41) is 8.73. The van der Waals surface area contributed by atoms with Crippen molar-refractivity contribution in [3.8, 4) is 0 Å². The third-order valence-corrected chi connectivity index (χ3v) is 2.44. The highest BCUT2D eigenvalue weighted by Crippen LogP contribution is 2.01. The largest absolute Gasteiger partial charge is 0.465 e. The number of rotatable bonds is 5. The van der Waals surface area contributed by atoms with Gasteiger partial charge in [0.2, 0.25) is 5.91 Å². The van der Waals surface area contributed by atoms with Crippen molar-refractivity contribution >= 4 is 12.0 Å². The van der Waals surface area contributed by atoms with Crippen molar-refractivity contribution in [2.75, 3.05) is 45.9 Å². The highest BCUT2D eigenvalue weighted by Gasteiger charge is 2.19. The van der Waals surface area contributed by atoms with Crippen LogP contribution in [0.15, 0.2) is 0 Å². The summed E-state index contributed by atoms with van der Waals surface area (Å²) < 4.78 is 5.03. The molecule has 16 heavy (non-hydrogen) atoms. The molecule has 0 atom stereocenters. The van der Waals surface area contributed by atoms with Gasteiger partial charge in [-0.15, -0.1) is 0 Å². The molecule has 0 bridgehead atoms. The minimum absolute atomic E-state index is 0.0604. The first-order valence-corrected chi connectivity index (χ1v) is 5.16. The van der Waals surface area contributed by atoms with Crippen molar-refractivity contribution in [3.63, 3.8) is 0 Å². The number of nitrogens with zero attached hydrogens (tertiary/aromatic N) is 2. The van der Waals surface area contributed by atoms with Gasteiger partial charge in [0.15, 0.2) is 0 Å². The number of carboxylic acid groups (broad SMARTS) is 1. The van der Waals surface area contributed by atoms with Gasteiger partial charge < -0.3 is 20.5 Å². The maximum absolute atomic E-state index is 10.6. The second-order valence-corrected chi connectivity index (χ2v) is 3.63. The number of carbonyl (C=O) groups is 2. The molecule has 0 saturated carbocycles. The van der Waals surface area contributed by atoms with Gasteiger partial charge in [0, 0.05) is 32.7 Å². The minimum Gasteiger partial charge on any atom is -0.465 e. The van der Waals surface area contributed by atoms with Gasteiger partial charge in [-0.05, 0) is 0 Å². The fourth-order valence-electron chi connectivity index (χ4n) is 1.53. The number of carbonyl (C=O) groups excluding carboxylic acids is 1. The molecule has 0 spiro atoms. The smallest absolute Gasteiger partial charge is 0.407 e. The lowest BCUT2D eigenvalue weighted by molar-refractivity contribution is -0.122. The Kier molecular flexibility index (Phi) is 5.00. The van der Waals surface area contributed by atoms with Crippen molar-refractivity contribution < 1.29 is 19.4 Å². The van der Waals surface area contributed by atoms with Crippen LogP contribution in [0.25, 0.3) is 0 Å². The van der Waals surface area contributed by atoms with Crippen LogP contribution < -0.4 is 5.73 Å². The van der Waals surface area contributed by atoms with E-state index in [4.69, 9.17) is 15.6 Å². The topological polar surface area (TPSA) is 96.1 Å². The molecule has 7 nitrogen and oxygen atoms in total. The van der Waals surface area contributed by atoms with Gasteiger partial charge in [-0.2, -0.15) is 0 Å². The van der Waals surface area contributed by atoms with E-state index in [-0.39, 0.29) is 6.61 Å². The Bertz CT molecular complexity index is 251. The molecule has 0 aromatic rings. The zero-order chi connectivity index (χ0) is 12.0. The number of piperazine rings is 1. The van der Waals surface area contributed by atoms with Crippen LogP contribution in [0.3, 0.4) is 0 Å². The molecule has 1 fully saturated rings. The van der Waals surface area contributed by atoms with Crippen LogP contribution in [-0.4, -0.2) is 72.8 Å². The standard InChI is InChI=1S/C9H17N3O4/c10-8(13)7-16-6-5-11-1-3-12(4-2-11)9(14)15/h1-7H2,(H2,10,13)(H,14,15). The summed E-state index contributed by atoms with van der Waals surface area (Å²) >= 11 is 0. The fraction of sp³-hybridized carbons (Fsp3) is 0.778. The summed E-state index contributed by atoms with van der Waals surface area (Å²) in [7, 11) is 0. The third kappa shape index (κ3) is 4.45. The lowest BCUT2D eigenvalue weighted by Crippen LogP contribution is -2.49. The van der Waals surface area contributed by atoms with E-state index in [1.54, 1.807) is 0 Å². The summed E-state index contributed by atoms with van der Waals surface area (Å²) in [5.74, 6) is -0.476. The molecule has 0 aliphatic carbocycles. The molecule has 92 valence electrons. The van der Waals surface area contributed by atoms with Gasteiger partial charge in [-0.3, -0.25) is 9.69 Å². The maximum Gasteiger partial charge on any atom is 0.407 e. The molecule has 1 aliphatic rings. The van der Waals surface area contributed by atoms with Crippen molar-refractivity contribution in [1.82, 2.24) is 9.80 Å².